The fourth-order valence-electron chi connectivity index (χ4n) is 2.97. The Bertz CT molecular complexity index is 438. The lowest BCUT2D eigenvalue weighted by atomic mass is 10.1. The molecule has 118 valence electrons. The topological polar surface area (TPSA) is 90.0 Å². The van der Waals surface area contributed by atoms with E-state index in [2.05, 4.69) is 5.32 Å². The number of rotatable bonds is 3. The maximum absolute atomic E-state index is 12.5. The number of carbonyl (C=O) groups is 3. The van der Waals surface area contributed by atoms with Crippen LogP contribution in [-0.2, 0) is 9.59 Å². The van der Waals surface area contributed by atoms with Crippen molar-refractivity contribution in [2.24, 2.45) is 5.92 Å². The van der Waals surface area contributed by atoms with E-state index in [0.29, 0.717) is 25.9 Å². The molecule has 2 fully saturated rings. The number of carboxylic acids is 1. The Morgan fingerprint density at radius 1 is 1.19 bits per heavy atom. The molecule has 0 aliphatic carbocycles. The van der Waals surface area contributed by atoms with E-state index >= 15 is 0 Å². The van der Waals surface area contributed by atoms with Crippen LogP contribution in [0.1, 0.15) is 33.1 Å². The van der Waals surface area contributed by atoms with E-state index in [0.717, 1.165) is 6.42 Å². The summed E-state index contributed by atoms with van der Waals surface area (Å²) in [6, 6.07) is -0.636. The highest BCUT2D eigenvalue weighted by Gasteiger charge is 2.39. The fourth-order valence-corrected chi connectivity index (χ4v) is 2.97. The summed E-state index contributed by atoms with van der Waals surface area (Å²) in [7, 11) is 0. The summed E-state index contributed by atoms with van der Waals surface area (Å²) >= 11 is 0. The molecule has 2 heterocycles. The van der Waals surface area contributed by atoms with Crippen molar-refractivity contribution in [3.63, 3.8) is 0 Å². The lowest BCUT2D eigenvalue weighted by Crippen LogP contribution is -2.51. The van der Waals surface area contributed by atoms with Gasteiger partial charge < -0.3 is 20.2 Å². The molecule has 0 bridgehead atoms. The van der Waals surface area contributed by atoms with Crippen LogP contribution in [0.2, 0.25) is 0 Å². The molecule has 0 aromatic heterocycles. The molecule has 2 rings (SSSR count). The monoisotopic (exact) mass is 297 g/mol. The van der Waals surface area contributed by atoms with Crippen LogP contribution in [0.4, 0.5) is 4.79 Å². The van der Waals surface area contributed by atoms with Crippen molar-refractivity contribution in [3.05, 3.63) is 0 Å². The predicted octanol–water partition coefficient (Wildman–Crippen LogP) is 0.502. The van der Waals surface area contributed by atoms with Gasteiger partial charge in [0.05, 0.1) is 5.92 Å². The van der Waals surface area contributed by atoms with Crippen molar-refractivity contribution >= 4 is 17.9 Å². The van der Waals surface area contributed by atoms with Crippen LogP contribution in [0, 0.1) is 5.92 Å². The maximum Gasteiger partial charge on any atom is 0.318 e. The molecule has 0 aromatic rings. The van der Waals surface area contributed by atoms with E-state index in [1.54, 1.807) is 9.80 Å². The van der Waals surface area contributed by atoms with Gasteiger partial charge in [-0.2, -0.15) is 0 Å². The lowest BCUT2D eigenvalue weighted by Gasteiger charge is -2.28. The molecule has 0 radical (unpaired) electrons. The van der Waals surface area contributed by atoms with Crippen molar-refractivity contribution in [3.8, 4) is 0 Å². The third-order valence-corrected chi connectivity index (χ3v) is 4.06. The first-order chi connectivity index (χ1) is 9.90. The minimum absolute atomic E-state index is 0.0250. The zero-order valence-corrected chi connectivity index (χ0v) is 12.5. The number of carboxylic acid groups (broad SMARTS) is 1. The van der Waals surface area contributed by atoms with Crippen LogP contribution < -0.4 is 5.32 Å². The number of nitrogens with zero attached hydrogens (tertiary/aromatic N) is 2. The Balaban J connectivity index is 1.98. The summed E-state index contributed by atoms with van der Waals surface area (Å²) < 4.78 is 0. The number of urea groups is 1. The smallest absolute Gasteiger partial charge is 0.318 e. The Morgan fingerprint density at radius 3 is 2.48 bits per heavy atom. The second-order valence-electron chi connectivity index (χ2n) is 6.06. The van der Waals surface area contributed by atoms with E-state index in [4.69, 9.17) is 5.11 Å². The molecule has 2 aliphatic rings. The molecular weight excluding hydrogens is 274 g/mol. The largest absolute Gasteiger partial charge is 0.481 e. The molecule has 2 N–H and O–H groups in total. The third-order valence-electron chi connectivity index (χ3n) is 4.06. The number of nitrogens with one attached hydrogen (secondary N) is 1. The highest BCUT2D eigenvalue weighted by atomic mass is 16.4. The normalized spacial score (nSPS) is 25.5. The van der Waals surface area contributed by atoms with Gasteiger partial charge in [0.2, 0.25) is 5.91 Å². The molecule has 0 aromatic carbocycles. The first-order valence-electron chi connectivity index (χ1n) is 7.49. The SMILES string of the molecule is CC(C)NC(=O)N1CCC[C@H]1C(=O)N1CCC(C(=O)O)C1. The van der Waals surface area contributed by atoms with Gasteiger partial charge in [0, 0.05) is 25.7 Å². The summed E-state index contributed by atoms with van der Waals surface area (Å²) in [6.07, 6.45) is 1.95. The predicted molar refractivity (Wildman–Crippen MR) is 75.7 cm³/mol. The number of aliphatic carboxylic acids is 1. The summed E-state index contributed by atoms with van der Waals surface area (Å²) in [4.78, 5) is 38.8. The van der Waals surface area contributed by atoms with Gasteiger partial charge in [0.25, 0.3) is 0 Å². The molecule has 21 heavy (non-hydrogen) atoms. The van der Waals surface area contributed by atoms with E-state index in [1.165, 1.54) is 0 Å². The van der Waals surface area contributed by atoms with Gasteiger partial charge in [0.1, 0.15) is 6.04 Å². The van der Waals surface area contributed by atoms with Crippen molar-refractivity contribution in [2.45, 2.75) is 45.2 Å². The van der Waals surface area contributed by atoms with Crippen LogP contribution >= 0.6 is 0 Å². The number of hydrogen-bond acceptors (Lipinski definition) is 3. The zero-order chi connectivity index (χ0) is 15.6. The van der Waals surface area contributed by atoms with E-state index in [9.17, 15) is 14.4 Å². The molecule has 7 heteroatoms. The Morgan fingerprint density at radius 2 is 1.90 bits per heavy atom. The van der Waals surface area contributed by atoms with Crippen LogP contribution in [0.5, 0.6) is 0 Å². The molecule has 2 atom stereocenters. The van der Waals surface area contributed by atoms with E-state index in [1.807, 2.05) is 13.8 Å². The quantitative estimate of drug-likeness (QED) is 0.794. The molecule has 3 amide bonds. The fraction of sp³-hybridized carbons (Fsp3) is 0.786. The van der Waals surface area contributed by atoms with Gasteiger partial charge in [-0.05, 0) is 33.1 Å². The maximum atomic E-state index is 12.5. The number of hydrogen-bond donors (Lipinski definition) is 2. The molecule has 2 aliphatic heterocycles. The average molecular weight is 297 g/mol. The minimum atomic E-state index is -0.855. The second-order valence-corrected chi connectivity index (χ2v) is 6.06. The third kappa shape index (κ3) is 3.46. The van der Waals surface area contributed by atoms with Crippen molar-refractivity contribution in [2.75, 3.05) is 19.6 Å². The standard InChI is InChI=1S/C14H23N3O4/c1-9(2)15-14(21)17-6-3-4-11(17)12(18)16-7-5-10(8-16)13(19)20/h9-11H,3-8H2,1-2H3,(H,15,21)(H,19,20)/t10?,11-/m0/s1. The van der Waals surface area contributed by atoms with Gasteiger partial charge in [-0.3, -0.25) is 9.59 Å². The summed E-state index contributed by atoms with van der Waals surface area (Å²) in [5, 5.41) is 11.8. The van der Waals surface area contributed by atoms with Crippen LogP contribution in [0.3, 0.4) is 0 Å². The van der Waals surface area contributed by atoms with Crippen LogP contribution in [-0.4, -0.2) is 64.5 Å². The number of carbonyl (C=O) groups excluding carboxylic acids is 2. The number of amides is 3. The Kier molecular flexibility index (Phi) is 4.69. The molecule has 7 nitrogen and oxygen atoms in total. The first kappa shape index (κ1) is 15.6. The zero-order valence-electron chi connectivity index (χ0n) is 12.5. The summed E-state index contributed by atoms with van der Waals surface area (Å²) in [5.41, 5.74) is 0. The van der Waals surface area contributed by atoms with Gasteiger partial charge in [-0.25, -0.2) is 4.79 Å². The lowest BCUT2D eigenvalue weighted by molar-refractivity contribution is -0.141. The highest BCUT2D eigenvalue weighted by Crippen LogP contribution is 2.23. The van der Waals surface area contributed by atoms with Gasteiger partial charge in [0.15, 0.2) is 0 Å². The van der Waals surface area contributed by atoms with E-state index in [-0.39, 0.29) is 24.5 Å². The average Bonchev–Trinajstić information content (AvgIpc) is 3.06. The van der Waals surface area contributed by atoms with Crippen LogP contribution in [0.25, 0.3) is 0 Å². The van der Waals surface area contributed by atoms with Gasteiger partial charge in [-0.1, -0.05) is 0 Å². The molecule has 0 spiro atoms. The Labute approximate surface area is 124 Å². The highest BCUT2D eigenvalue weighted by molar-refractivity contribution is 5.88. The van der Waals surface area contributed by atoms with Crippen LogP contribution in [0.15, 0.2) is 0 Å². The summed E-state index contributed by atoms with van der Waals surface area (Å²) in [5.74, 6) is -1.45. The van der Waals surface area contributed by atoms with Crippen molar-refractivity contribution < 1.29 is 19.5 Å². The molecule has 2 saturated heterocycles. The van der Waals surface area contributed by atoms with Crippen molar-refractivity contribution in [1.29, 1.82) is 0 Å². The van der Waals surface area contributed by atoms with Gasteiger partial charge in [-0.15, -0.1) is 0 Å². The number of likely N-dealkylation sites (tertiary alicyclic amines) is 2. The molecule has 0 saturated carbocycles. The van der Waals surface area contributed by atoms with Crippen molar-refractivity contribution in [1.82, 2.24) is 15.1 Å². The summed E-state index contributed by atoms with van der Waals surface area (Å²) in [6.45, 7) is 5.05. The van der Waals surface area contributed by atoms with E-state index < -0.39 is 17.9 Å². The molecular formula is C14H23N3O4. The first-order valence-corrected chi connectivity index (χ1v) is 7.49. The second kappa shape index (κ2) is 6.32. The Hall–Kier alpha value is -1.79. The molecule has 1 unspecified atom stereocenters. The van der Waals surface area contributed by atoms with Gasteiger partial charge >= 0.3 is 12.0 Å². The minimum Gasteiger partial charge on any atom is -0.481 e.